The molecule has 0 bridgehead atoms. The number of benzene rings is 2. The predicted molar refractivity (Wildman–Crippen MR) is 108 cm³/mol. The Balaban J connectivity index is 0.000000303. The fraction of sp³-hybridized carbons (Fsp3) is 0.300. The average Bonchev–Trinajstić information content (AvgIpc) is 2.60. The van der Waals surface area contributed by atoms with Crippen LogP contribution in [-0.2, 0) is 4.74 Å². The molecule has 0 amide bonds. The number of hydrogen-bond donors (Lipinski definition) is 1. The van der Waals surface area contributed by atoms with Crippen LogP contribution in [0.5, 0.6) is 0 Å². The van der Waals surface area contributed by atoms with Gasteiger partial charge < -0.3 is 9.84 Å². The molecular formula is C20H22N2O8. The molecule has 160 valence electrons. The number of carboxylic acid groups (broad SMARTS) is 1. The van der Waals surface area contributed by atoms with Crippen LogP contribution >= 0.6 is 0 Å². The zero-order valence-electron chi connectivity index (χ0n) is 17.2. The molecule has 0 unspecified atom stereocenters. The zero-order valence-corrected chi connectivity index (χ0v) is 17.2. The number of carboxylic acids is 1. The second-order valence-corrected chi connectivity index (χ2v) is 6.46. The third-order valence-electron chi connectivity index (χ3n) is 4.11. The fourth-order valence-corrected chi connectivity index (χ4v) is 2.94. The lowest BCUT2D eigenvalue weighted by molar-refractivity contribution is -0.386. The van der Waals surface area contributed by atoms with Gasteiger partial charge in [0, 0.05) is 22.3 Å². The molecule has 0 radical (unpaired) electrons. The van der Waals surface area contributed by atoms with E-state index in [1.165, 1.54) is 38.1 Å². The minimum absolute atomic E-state index is 0.0185. The number of hydrogen-bond acceptors (Lipinski definition) is 7. The molecule has 0 saturated heterocycles. The van der Waals surface area contributed by atoms with E-state index in [1.807, 2.05) is 0 Å². The molecule has 0 aliphatic rings. The van der Waals surface area contributed by atoms with Gasteiger partial charge >= 0.3 is 11.9 Å². The number of aryl methyl sites for hydroxylation is 4. The number of esters is 1. The summed E-state index contributed by atoms with van der Waals surface area (Å²) in [5.74, 6) is -1.53. The zero-order chi connectivity index (χ0) is 23.2. The van der Waals surface area contributed by atoms with Crippen molar-refractivity contribution >= 4 is 23.3 Å². The largest absolute Gasteiger partial charge is 0.478 e. The van der Waals surface area contributed by atoms with E-state index in [-0.39, 0.29) is 23.5 Å². The van der Waals surface area contributed by atoms with Crippen molar-refractivity contribution in [2.75, 3.05) is 6.61 Å². The van der Waals surface area contributed by atoms with Gasteiger partial charge in [-0.25, -0.2) is 9.59 Å². The second-order valence-electron chi connectivity index (χ2n) is 6.46. The molecule has 0 spiro atoms. The van der Waals surface area contributed by atoms with Gasteiger partial charge in [-0.2, -0.15) is 0 Å². The quantitative estimate of drug-likeness (QED) is 0.429. The molecule has 0 aliphatic carbocycles. The van der Waals surface area contributed by atoms with E-state index in [2.05, 4.69) is 0 Å². The first-order valence-electron chi connectivity index (χ1n) is 8.82. The van der Waals surface area contributed by atoms with Gasteiger partial charge in [-0.15, -0.1) is 0 Å². The first kappa shape index (κ1) is 24.2. The van der Waals surface area contributed by atoms with Crippen LogP contribution in [-0.4, -0.2) is 33.5 Å². The summed E-state index contributed by atoms with van der Waals surface area (Å²) < 4.78 is 4.83. The number of aromatic carboxylic acids is 1. The summed E-state index contributed by atoms with van der Waals surface area (Å²) >= 11 is 0. The van der Waals surface area contributed by atoms with Gasteiger partial charge in [-0.1, -0.05) is 0 Å². The Bertz CT molecular complexity index is 968. The van der Waals surface area contributed by atoms with Crippen molar-refractivity contribution in [3.05, 3.63) is 77.9 Å². The Morgan fingerprint density at radius 1 is 0.833 bits per heavy atom. The molecule has 1 N–H and O–H groups in total. The van der Waals surface area contributed by atoms with Gasteiger partial charge in [0.05, 0.1) is 27.6 Å². The molecule has 2 rings (SSSR count). The monoisotopic (exact) mass is 418 g/mol. The van der Waals surface area contributed by atoms with Crippen LogP contribution in [0.2, 0.25) is 0 Å². The summed E-state index contributed by atoms with van der Waals surface area (Å²) in [4.78, 5) is 42.4. The first-order chi connectivity index (χ1) is 13.9. The molecule has 0 heterocycles. The first-order valence-corrected chi connectivity index (χ1v) is 8.82. The number of nitrogens with zero attached hydrogens (tertiary/aromatic N) is 2. The summed E-state index contributed by atoms with van der Waals surface area (Å²) in [6.07, 6.45) is 0. The Hall–Kier alpha value is -3.82. The van der Waals surface area contributed by atoms with Crippen molar-refractivity contribution in [2.45, 2.75) is 34.6 Å². The maximum absolute atomic E-state index is 11.4. The molecule has 0 atom stereocenters. The Kier molecular flexibility index (Phi) is 8.15. The van der Waals surface area contributed by atoms with Crippen LogP contribution in [0.1, 0.15) is 49.9 Å². The summed E-state index contributed by atoms with van der Waals surface area (Å²) in [6, 6.07) is 5.55. The third kappa shape index (κ3) is 5.84. The highest BCUT2D eigenvalue weighted by Crippen LogP contribution is 2.25. The summed E-state index contributed by atoms with van der Waals surface area (Å²) in [6.45, 7) is 8.26. The van der Waals surface area contributed by atoms with Gasteiger partial charge in [0.15, 0.2) is 0 Å². The summed E-state index contributed by atoms with van der Waals surface area (Å²) in [5.41, 5.74) is 2.12. The van der Waals surface area contributed by atoms with Crippen molar-refractivity contribution in [1.29, 1.82) is 0 Å². The molecular weight excluding hydrogens is 396 g/mol. The van der Waals surface area contributed by atoms with E-state index in [1.54, 1.807) is 20.8 Å². The Morgan fingerprint density at radius 3 is 1.43 bits per heavy atom. The van der Waals surface area contributed by atoms with Crippen LogP contribution in [0.25, 0.3) is 0 Å². The number of carbonyl (C=O) groups excluding carboxylic acids is 1. The smallest absolute Gasteiger partial charge is 0.338 e. The van der Waals surface area contributed by atoms with Gasteiger partial charge in [0.25, 0.3) is 11.4 Å². The lowest BCUT2D eigenvalue weighted by Gasteiger charge is -2.05. The molecule has 0 aliphatic heterocycles. The fourth-order valence-electron chi connectivity index (χ4n) is 2.94. The van der Waals surface area contributed by atoms with Crippen LogP contribution in [0.3, 0.4) is 0 Å². The minimum Gasteiger partial charge on any atom is -0.478 e. The van der Waals surface area contributed by atoms with Crippen molar-refractivity contribution < 1.29 is 29.3 Å². The Morgan fingerprint density at radius 2 is 1.17 bits per heavy atom. The standard InChI is InChI=1S/C11H13NO4.C9H9NO4/c1-4-16-11(13)9-5-7(2)10(12(14)15)8(3)6-9;1-5-3-7(9(11)12)4-6(2)8(5)10(13)14/h5-6H,4H2,1-3H3;3-4H,1-2H3,(H,11,12). The number of carbonyl (C=O) groups is 2. The van der Waals surface area contributed by atoms with E-state index in [9.17, 15) is 29.8 Å². The minimum atomic E-state index is -1.08. The van der Waals surface area contributed by atoms with E-state index in [0.29, 0.717) is 27.8 Å². The van der Waals surface area contributed by atoms with Crippen molar-refractivity contribution in [3.8, 4) is 0 Å². The molecule has 30 heavy (non-hydrogen) atoms. The third-order valence-corrected chi connectivity index (χ3v) is 4.11. The molecule has 0 saturated carbocycles. The van der Waals surface area contributed by atoms with E-state index in [4.69, 9.17) is 9.84 Å². The van der Waals surface area contributed by atoms with Gasteiger partial charge in [0.2, 0.25) is 0 Å². The maximum Gasteiger partial charge on any atom is 0.338 e. The molecule has 0 fully saturated rings. The van der Waals surface area contributed by atoms with Crippen molar-refractivity contribution in [2.24, 2.45) is 0 Å². The number of nitro groups is 2. The highest BCUT2D eigenvalue weighted by atomic mass is 16.6. The van der Waals surface area contributed by atoms with Gasteiger partial charge in [0.1, 0.15) is 0 Å². The number of ether oxygens (including phenoxy) is 1. The van der Waals surface area contributed by atoms with Crippen LogP contribution in [0.4, 0.5) is 11.4 Å². The maximum atomic E-state index is 11.4. The topological polar surface area (TPSA) is 150 Å². The van der Waals surface area contributed by atoms with E-state index >= 15 is 0 Å². The van der Waals surface area contributed by atoms with Crippen molar-refractivity contribution in [3.63, 3.8) is 0 Å². The SMILES string of the molecule is CCOC(=O)c1cc(C)c([N+](=O)[O-])c(C)c1.Cc1cc(C(=O)O)cc(C)c1[N+](=O)[O-]. The van der Waals surface area contributed by atoms with Crippen molar-refractivity contribution in [1.82, 2.24) is 0 Å². The molecule has 10 nitrogen and oxygen atoms in total. The van der Waals surface area contributed by atoms with E-state index in [0.717, 1.165) is 0 Å². The second kappa shape index (κ2) is 10.1. The van der Waals surface area contributed by atoms with Crippen LogP contribution in [0.15, 0.2) is 24.3 Å². The lowest BCUT2D eigenvalue weighted by atomic mass is 10.0. The Labute approximate surface area is 172 Å². The van der Waals surface area contributed by atoms with Crippen LogP contribution < -0.4 is 0 Å². The molecule has 10 heteroatoms. The molecule has 2 aromatic rings. The van der Waals surface area contributed by atoms with E-state index < -0.39 is 21.8 Å². The average molecular weight is 418 g/mol. The van der Waals surface area contributed by atoms with Crippen LogP contribution in [0, 0.1) is 47.9 Å². The number of rotatable bonds is 5. The lowest BCUT2D eigenvalue weighted by Crippen LogP contribution is -2.06. The molecule has 2 aromatic carbocycles. The number of nitro benzene ring substituents is 2. The highest BCUT2D eigenvalue weighted by Gasteiger charge is 2.19. The molecule has 0 aromatic heterocycles. The summed E-state index contributed by atoms with van der Waals surface area (Å²) in [7, 11) is 0. The normalized spacial score (nSPS) is 9.90. The van der Waals surface area contributed by atoms with Gasteiger partial charge in [-0.3, -0.25) is 20.2 Å². The highest BCUT2D eigenvalue weighted by molar-refractivity contribution is 5.90. The predicted octanol–water partition coefficient (Wildman–Crippen LogP) is 4.30. The van der Waals surface area contributed by atoms with Gasteiger partial charge in [-0.05, 0) is 58.9 Å². The summed E-state index contributed by atoms with van der Waals surface area (Å²) in [5, 5.41) is 30.0.